The lowest BCUT2D eigenvalue weighted by Crippen LogP contribution is -2.15. The molecule has 0 spiro atoms. The zero-order valence-electron chi connectivity index (χ0n) is 12.6. The molecule has 3 rings (SSSR count). The van der Waals surface area contributed by atoms with Crippen LogP contribution in [0.3, 0.4) is 0 Å². The van der Waals surface area contributed by atoms with Crippen molar-refractivity contribution >= 4 is 27.3 Å². The van der Waals surface area contributed by atoms with E-state index < -0.39 is 0 Å². The maximum Gasteiger partial charge on any atom is 0.107 e. The Kier molecular flexibility index (Phi) is 5.82. The van der Waals surface area contributed by atoms with Crippen LogP contribution in [0.2, 0.25) is 0 Å². The van der Waals surface area contributed by atoms with Gasteiger partial charge in [0.1, 0.15) is 5.01 Å². The summed E-state index contributed by atoms with van der Waals surface area (Å²) in [6.45, 7) is 1.92. The first-order valence-corrected chi connectivity index (χ1v) is 9.51. The Balaban J connectivity index is 1.48. The molecule has 1 aliphatic carbocycles. The third-order valence-corrected chi connectivity index (χ3v) is 5.49. The van der Waals surface area contributed by atoms with Crippen molar-refractivity contribution in [2.45, 2.75) is 38.6 Å². The Morgan fingerprint density at radius 3 is 3.05 bits per heavy atom. The van der Waals surface area contributed by atoms with Crippen molar-refractivity contribution in [3.05, 3.63) is 51.6 Å². The van der Waals surface area contributed by atoms with E-state index in [4.69, 9.17) is 0 Å². The molecule has 2 aromatic rings. The highest BCUT2D eigenvalue weighted by atomic mass is 79.9. The minimum absolute atomic E-state index is 0.867. The monoisotopic (exact) mass is 376 g/mol. The summed E-state index contributed by atoms with van der Waals surface area (Å²) in [6, 6.07) is 8.38. The van der Waals surface area contributed by atoms with Gasteiger partial charge in [-0.1, -0.05) is 39.7 Å². The summed E-state index contributed by atoms with van der Waals surface area (Å²) in [4.78, 5) is 5.76. The molecular weight excluding hydrogens is 356 g/mol. The second-order valence-corrected chi connectivity index (χ2v) is 7.69. The minimum atomic E-state index is 0.867. The molecule has 0 saturated heterocycles. The maximum atomic E-state index is 4.53. The first-order valence-electron chi connectivity index (χ1n) is 7.90. The van der Waals surface area contributed by atoms with Gasteiger partial charge in [0, 0.05) is 17.2 Å². The Hall–Kier alpha value is -0.970. The Bertz CT molecular complexity index is 648. The maximum absolute atomic E-state index is 4.53. The molecule has 0 saturated carbocycles. The van der Waals surface area contributed by atoms with Crippen LogP contribution in [0.1, 0.15) is 37.1 Å². The van der Waals surface area contributed by atoms with Crippen LogP contribution in [0.25, 0.3) is 10.4 Å². The van der Waals surface area contributed by atoms with Crippen molar-refractivity contribution in [1.82, 2.24) is 10.3 Å². The molecule has 2 nitrogen and oxygen atoms in total. The summed E-state index contributed by atoms with van der Waals surface area (Å²) in [6.07, 6.45) is 10.9. The van der Waals surface area contributed by atoms with Crippen molar-refractivity contribution in [2.24, 2.45) is 0 Å². The number of halogens is 1. The molecule has 0 bridgehead atoms. The summed E-state index contributed by atoms with van der Waals surface area (Å²) in [5.41, 5.74) is 2.86. The summed E-state index contributed by atoms with van der Waals surface area (Å²) in [5, 5.41) is 4.68. The van der Waals surface area contributed by atoms with E-state index in [1.165, 1.54) is 42.5 Å². The minimum Gasteiger partial charge on any atom is -0.310 e. The van der Waals surface area contributed by atoms with Crippen LogP contribution in [-0.2, 0) is 6.54 Å². The van der Waals surface area contributed by atoms with Crippen LogP contribution in [0.15, 0.2) is 46.6 Å². The van der Waals surface area contributed by atoms with Gasteiger partial charge in [0.25, 0.3) is 0 Å². The van der Waals surface area contributed by atoms with Crippen molar-refractivity contribution in [3.8, 4) is 10.4 Å². The largest absolute Gasteiger partial charge is 0.310 e. The summed E-state index contributed by atoms with van der Waals surface area (Å²) < 4.78 is 1.11. The zero-order valence-corrected chi connectivity index (χ0v) is 15.0. The van der Waals surface area contributed by atoms with Gasteiger partial charge in [-0.15, -0.1) is 11.3 Å². The summed E-state index contributed by atoms with van der Waals surface area (Å²) in [5.74, 6) is 0. The highest BCUT2D eigenvalue weighted by Crippen LogP contribution is 2.28. The van der Waals surface area contributed by atoms with E-state index in [1.807, 2.05) is 12.3 Å². The number of hydrogen-bond acceptors (Lipinski definition) is 3. The van der Waals surface area contributed by atoms with E-state index in [2.05, 4.69) is 50.5 Å². The number of rotatable bonds is 6. The number of hydrogen-bond donors (Lipinski definition) is 1. The molecule has 1 aromatic heterocycles. The van der Waals surface area contributed by atoms with Gasteiger partial charge in [0.15, 0.2) is 0 Å². The Morgan fingerprint density at radius 1 is 1.27 bits per heavy atom. The van der Waals surface area contributed by atoms with E-state index in [1.54, 1.807) is 16.9 Å². The van der Waals surface area contributed by atoms with Gasteiger partial charge in [-0.05, 0) is 56.3 Å². The zero-order chi connectivity index (χ0) is 15.2. The first-order chi connectivity index (χ1) is 10.8. The van der Waals surface area contributed by atoms with Gasteiger partial charge in [-0.25, -0.2) is 4.98 Å². The molecule has 0 atom stereocenters. The standard InChI is InChI=1S/C18H21BrN2S/c19-16-8-4-7-15(11-16)17-12-21-18(22-17)13-20-10-9-14-5-2-1-3-6-14/h4-5,7-8,11-12,20H,1-3,6,9-10,13H2. The fraction of sp³-hybridized carbons (Fsp3) is 0.389. The topological polar surface area (TPSA) is 24.9 Å². The average molecular weight is 377 g/mol. The number of nitrogens with zero attached hydrogens (tertiary/aromatic N) is 1. The van der Waals surface area contributed by atoms with Gasteiger partial charge < -0.3 is 5.32 Å². The van der Waals surface area contributed by atoms with Gasteiger partial charge in [0.2, 0.25) is 0 Å². The van der Waals surface area contributed by atoms with E-state index in [-0.39, 0.29) is 0 Å². The van der Waals surface area contributed by atoms with Crippen molar-refractivity contribution < 1.29 is 0 Å². The van der Waals surface area contributed by atoms with Crippen molar-refractivity contribution in [1.29, 1.82) is 0 Å². The molecule has 0 fully saturated rings. The fourth-order valence-corrected chi connectivity index (χ4v) is 4.03. The third kappa shape index (κ3) is 4.51. The molecule has 1 heterocycles. The SMILES string of the molecule is Brc1cccc(-c2cnc(CNCCC3=CCCCC3)s2)c1. The fourth-order valence-electron chi connectivity index (χ4n) is 2.74. The number of allylic oxidation sites excluding steroid dienone is 1. The summed E-state index contributed by atoms with van der Waals surface area (Å²) in [7, 11) is 0. The molecule has 0 unspecified atom stereocenters. The van der Waals surface area contributed by atoms with Crippen LogP contribution in [0.4, 0.5) is 0 Å². The molecule has 22 heavy (non-hydrogen) atoms. The molecule has 1 N–H and O–H groups in total. The number of aromatic nitrogens is 1. The molecule has 1 aliphatic rings. The van der Waals surface area contributed by atoms with E-state index in [0.29, 0.717) is 0 Å². The second kappa shape index (κ2) is 8.04. The average Bonchev–Trinajstić information content (AvgIpc) is 3.02. The van der Waals surface area contributed by atoms with Crippen LogP contribution in [0, 0.1) is 0 Å². The normalized spacial score (nSPS) is 14.9. The first kappa shape index (κ1) is 15.9. The molecule has 0 radical (unpaired) electrons. The molecular formula is C18H21BrN2S. The molecule has 116 valence electrons. The van der Waals surface area contributed by atoms with Crippen molar-refractivity contribution in [2.75, 3.05) is 6.54 Å². The van der Waals surface area contributed by atoms with Crippen LogP contribution in [0.5, 0.6) is 0 Å². The Morgan fingerprint density at radius 2 is 2.23 bits per heavy atom. The smallest absolute Gasteiger partial charge is 0.107 e. The van der Waals surface area contributed by atoms with Gasteiger partial charge in [-0.2, -0.15) is 0 Å². The Labute approximate surface area is 144 Å². The number of thiazole rings is 1. The van der Waals surface area contributed by atoms with Crippen LogP contribution in [-0.4, -0.2) is 11.5 Å². The number of benzene rings is 1. The molecule has 0 amide bonds. The second-order valence-electron chi connectivity index (χ2n) is 5.66. The van der Waals surface area contributed by atoms with Gasteiger partial charge in [0.05, 0.1) is 4.88 Å². The molecule has 0 aliphatic heterocycles. The highest BCUT2D eigenvalue weighted by molar-refractivity contribution is 9.10. The lowest BCUT2D eigenvalue weighted by molar-refractivity contribution is 0.631. The van der Waals surface area contributed by atoms with Crippen LogP contribution < -0.4 is 5.32 Å². The van der Waals surface area contributed by atoms with E-state index in [9.17, 15) is 0 Å². The molecule has 4 heteroatoms. The van der Waals surface area contributed by atoms with E-state index >= 15 is 0 Å². The van der Waals surface area contributed by atoms with E-state index in [0.717, 1.165) is 22.6 Å². The van der Waals surface area contributed by atoms with Gasteiger partial charge in [-0.3, -0.25) is 0 Å². The third-order valence-electron chi connectivity index (χ3n) is 3.95. The number of nitrogens with one attached hydrogen (secondary N) is 1. The predicted octanol–water partition coefficient (Wildman–Crippen LogP) is 5.55. The summed E-state index contributed by atoms with van der Waals surface area (Å²) >= 11 is 5.29. The quantitative estimate of drug-likeness (QED) is 0.527. The highest BCUT2D eigenvalue weighted by Gasteiger charge is 2.06. The van der Waals surface area contributed by atoms with Gasteiger partial charge >= 0.3 is 0 Å². The predicted molar refractivity (Wildman–Crippen MR) is 98.1 cm³/mol. The lowest BCUT2D eigenvalue weighted by Gasteiger charge is -2.12. The lowest BCUT2D eigenvalue weighted by atomic mass is 9.97. The van der Waals surface area contributed by atoms with Crippen molar-refractivity contribution in [3.63, 3.8) is 0 Å². The van der Waals surface area contributed by atoms with Crippen LogP contribution >= 0.6 is 27.3 Å². The molecule has 1 aromatic carbocycles.